The van der Waals surface area contributed by atoms with E-state index in [-0.39, 0.29) is 12.6 Å². The smallest absolute Gasteiger partial charge is 0.0449 e. The average Bonchev–Trinajstić information content (AvgIpc) is 2.18. The predicted octanol–water partition coefficient (Wildman–Crippen LogP) is 2.19. The summed E-state index contributed by atoms with van der Waals surface area (Å²) in [4.78, 5) is 0. The van der Waals surface area contributed by atoms with Crippen molar-refractivity contribution in [3.8, 4) is 0 Å². The van der Waals surface area contributed by atoms with Gasteiger partial charge in [0.05, 0.1) is 0 Å². The van der Waals surface area contributed by atoms with E-state index in [4.69, 9.17) is 10.8 Å². The standard InChI is InChI=1S/C12H19NO/c1-9(2)10-3-5-11(6-4-10)12(13)7-8-14/h3-6,9,12,14H,7-8,13H2,1-2H3/t12-/m1/s1. The zero-order chi connectivity index (χ0) is 10.6. The van der Waals surface area contributed by atoms with Gasteiger partial charge in [-0.15, -0.1) is 0 Å². The molecule has 3 N–H and O–H groups in total. The molecule has 0 aliphatic carbocycles. The summed E-state index contributed by atoms with van der Waals surface area (Å²) in [6.07, 6.45) is 0.626. The molecule has 0 aliphatic heterocycles. The van der Waals surface area contributed by atoms with Crippen LogP contribution in [-0.4, -0.2) is 11.7 Å². The van der Waals surface area contributed by atoms with Gasteiger partial charge >= 0.3 is 0 Å². The molecule has 0 saturated heterocycles. The molecule has 0 heterocycles. The van der Waals surface area contributed by atoms with Crippen molar-refractivity contribution in [2.45, 2.75) is 32.2 Å². The van der Waals surface area contributed by atoms with Crippen molar-refractivity contribution in [1.29, 1.82) is 0 Å². The Morgan fingerprint density at radius 3 is 2.07 bits per heavy atom. The summed E-state index contributed by atoms with van der Waals surface area (Å²) in [5, 5.41) is 8.76. The van der Waals surface area contributed by atoms with Crippen LogP contribution in [0.3, 0.4) is 0 Å². The van der Waals surface area contributed by atoms with Gasteiger partial charge in [0.25, 0.3) is 0 Å². The molecular weight excluding hydrogens is 174 g/mol. The van der Waals surface area contributed by atoms with Gasteiger partial charge in [0.2, 0.25) is 0 Å². The monoisotopic (exact) mass is 193 g/mol. The van der Waals surface area contributed by atoms with Crippen molar-refractivity contribution in [3.05, 3.63) is 35.4 Å². The minimum Gasteiger partial charge on any atom is -0.396 e. The fourth-order valence-electron chi connectivity index (χ4n) is 1.43. The quantitative estimate of drug-likeness (QED) is 0.770. The van der Waals surface area contributed by atoms with Gasteiger partial charge in [-0.1, -0.05) is 38.1 Å². The number of hydrogen-bond acceptors (Lipinski definition) is 2. The van der Waals surface area contributed by atoms with E-state index in [9.17, 15) is 0 Å². The molecule has 0 bridgehead atoms. The highest BCUT2D eigenvalue weighted by Crippen LogP contribution is 2.18. The largest absolute Gasteiger partial charge is 0.396 e. The van der Waals surface area contributed by atoms with Gasteiger partial charge in [0.15, 0.2) is 0 Å². The van der Waals surface area contributed by atoms with Crippen LogP contribution < -0.4 is 5.73 Å². The average molecular weight is 193 g/mol. The molecule has 0 aromatic heterocycles. The number of nitrogens with two attached hydrogens (primary N) is 1. The van der Waals surface area contributed by atoms with E-state index < -0.39 is 0 Å². The normalized spacial score (nSPS) is 13.2. The molecule has 0 unspecified atom stereocenters. The number of aliphatic hydroxyl groups is 1. The van der Waals surface area contributed by atoms with E-state index in [0.29, 0.717) is 12.3 Å². The van der Waals surface area contributed by atoms with Gasteiger partial charge in [-0.25, -0.2) is 0 Å². The van der Waals surface area contributed by atoms with Crippen LogP contribution in [0.25, 0.3) is 0 Å². The van der Waals surface area contributed by atoms with E-state index in [1.54, 1.807) is 0 Å². The fourth-order valence-corrected chi connectivity index (χ4v) is 1.43. The Labute approximate surface area is 85.8 Å². The molecule has 1 aromatic carbocycles. The van der Waals surface area contributed by atoms with Crippen molar-refractivity contribution >= 4 is 0 Å². The first-order chi connectivity index (χ1) is 6.65. The van der Waals surface area contributed by atoms with Crippen LogP contribution in [0, 0.1) is 0 Å². The zero-order valence-electron chi connectivity index (χ0n) is 8.90. The fraction of sp³-hybridized carbons (Fsp3) is 0.500. The Bertz CT molecular complexity index is 266. The Morgan fingerprint density at radius 1 is 1.14 bits per heavy atom. The minimum absolute atomic E-state index is 0.0405. The Kier molecular flexibility index (Phi) is 4.11. The second-order valence-electron chi connectivity index (χ2n) is 3.94. The van der Waals surface area contributed by atoms with Gasteiger partial charge in [0.1, 0.15) is 0 Å². The van der Waals surface area contributed by atoms with Crippen LogP contribution in [0.1, 0.15) is 43.4 Å². The lowest BCUT2D eigenvalue weighted by atomic mass is 9.98. The van der Waals surface area contributed by atoms with Crippen LogP contribution in [0.4, 0.5) is 0 Å². The minimum atomic E-state index is -0.0405. The zero-order valence-corrected chi connectivity index (χ0v) is 8.90. The molecule has 0 radical (unpaired) electrons. The molecule has 0 fully saturated rings. The van der Waals surface area contributed by atoms with Crippen molar-refractivity contribution in [2.24, 2.45) is 5.73 Å². The highest BCUT2D eigenvalue weighted by atomic mass is 16.3. The number of aliphatic hydroxyl groups excluding tert-OH is 1. The Balaban J connectivity index is 2.72. The van der Waals surface area contributed by atoms with E-state index in [1.165, 1.54) is 5.56 Å². The molecule has 1 rings (SSSR count). The molecule has 2 heteroatoms. The van der Waals surface area contributed by atoms with Crippen LogP contribution in [0.15, 0.2) is 24.3 Å². The first-order valence-electron chi connectivity index (χ1n) is 5.11. The second kappa shape index (κ2) is 5.13. The lowest BCUT2D eigenvalue weighted by molar-refractivity contribution is 0.276. The summed E-state index contributed by atoms with van der Waals surface area (Å²) >= 11 is 0. The number of rotatable bonds is 4. The van der Waals surface area contributed by atoms with Crippen molar-refractivity contribution in [1.82, 2.24) is 0 Å². The van der Waals surface area contributed by atoms with Gasteiger partial charge in [-0.2, -0.15) is 0 Å². The molecule has 14 heavy (non-hydrogen) atoms. The summed E-state index contributed by atoms with van der Waals surface area (Å²) in [5.74, 6) is 0.554. The molecule has 0 amide bonds. The molecule has 2 nitrogen and oxygen atoms in total. The topological polar surface area (TPSA) is 46.2 Å². The van der Waals surface area contributed by atoms with Gasteiger partial charge in [-0.05, 0) is 23.5 Å². The highest BCUT2D eigenvalue weighted by molar-refractivity contribution is 5.26. The summed E-state index contributed by atoms with van der Waals surface area (Å²) in [5.41, 5.74) is 8.30. The van der Waals surface area contributed by atoms with E-state index in [0.717, 1.165) is 5.56 Å². The molecule has 1 aromatic rings. The summed E-state index contributed by atoms with van der Waals surface area (Å²) in [6.45, 7) is 4.48. The maximum Gasteiger partial charge on any atom is 0.0449 e. The third kappa shape index (κ3) is 2.82. The van der Waals surface area contributed by atoms with E-state index >= 15 is 0 Å². The lowest BCUT2D eigenvalue weighted by Gasteiger charge is -2.12. The lowest BCUT2D eigenvalue weighted by Crippen LogP contribution is -2.11. The third-order valence-corrected chi connectivity index (χ3v) is 2.47. The summed E-state index contributed by atoms with van der Waals surface area (Å²) < 4.78 is 0. The van der Waals surface area contributed by atoms with E-state index in [2.05, 4.69) is 38.1 Å². The molecular formula is C12H19NO. The molecule has 0 saturated carbocycles. The summed E-state index contributed by atoms with van der Waals surface area (Å²) in [6, 6.07) is 8.28. The first kappa shape index (κ1) is 11.2. The maximum absolute atomic E-state index is 8.76. The van der Waals surface area contributed by atoms with Gasteiger partial charge in [-0.3, -0.25) is 0 Å². The van der Waals surface area contributed by atoms with Crippen LogP contribution >= 0.6 is 0 Å². The van der Waals surface area contributed by atoms with Crippen LogP contribution in [-0.2, 0) is 0 Å². The van der Waals surface area contributed by atoms with Crippen LogP contribution in [0.5, 0.6) is 0 Å². The Morgan fingerprint density at radius 2 is 1.64 bits per heavy atom. The second-order valence-corrected chi connectivity index (χ2v) is 3.94. The van der Waals surface area contributed by atoms with E-state index in [1.807, 2.05) is 0 Å². The molecule has 0 spiro atoms. The molecule has 0 aliphatic rings. The van der Waals surface area contributed by atoms with Crippen molar-refractivity contribution in [2.75, 3.05) is 6.61 Å². The SMILES string of the molecule is CC(C)c1ccc([C@H](N)CCO)cc1. The first-order valence-corrected chi connectivity index (χ1v) is 5.11. The number of benzene rings is 1. The van der Waals surface area contributed by atoms with Crippen molar-refractivity contribution in [3.63, 3.8) is 0 Å². The van der Waals surface area contributed by atoms with Crippen molar-refractivity contribution < 1.29 is 5.11 Å². The molecule has 78 valence electrons. The van der Waals surface area contributed by atoms with Gasteiger partial charge < -0.3 is 10.8 Å². The highest BCUT2D eigenvalue weighted by Gasteiger charge is 2.05. The van der Waals surface area contributed by atoms with Crippen LogP contribution in [0.2, 0.25) is 0 Å². The summed E-state index contributed by atoms with van der Waals surface area (Å²) in [7, 11) is 0. The Hall–Kier alpha value is -0.860. The predicted molar refractivity (Wildman–Crippen MR) is 59.2 cm³/mol. The van der Waals surface area contributed by atoms with Gasteiger partial charge in [0, 0.05) is 12.6 Å². The molecule has 1 atom stereocenters. The third-order valence-electron chi connectivity index (χ3n) is 2.47. The maximum atomic E-state index is 8.76. The number of hydrogen-bond donors (Lipinski definition) is 2.